The van der Waals surface area contributed by atoms with E-state index in [-0.39, 0.29) is 11.0 Å². The zero-order chi connectivity index (χ0) is 17.6. The summed E-state index contributed by atoms with van der Waals surface area (Å²) in [6.45, 7) is 9.92. The van der Waals surface area contributed by atoms with Gasteiger partial charge in [-0.05, 0) is 18.9 Å². The highest BCUT2D eigenvalue weighted by atomic mass is 16.5. The summed E-state index contributed by atoms with van der Waals surface area (Å²) in [6, 6.07) is 3.49. The molecule has 6 heteroatoms. The molecule has 6 nitrogen and oxygen atoms in total. The van der Waals surface area contributed by atoms with E-state index in [0.717, 1.165) is 31.1 Å². The van der Waals surface area contributed by atoms with Crippen molar-refractivity contribution in [1.29, 1.82) is 0 Å². The van der Waals surface area contributed by atoms with Gasteiger partial charge in [0.2, 0.25) is 0 Å². The van der Waals surface area contributed by atoms with Crippen molar-refractivity contribution in [3.63, 3.8) is 0 Å². The van der Waals surface area contributed by atoms with E-state index >= 15 is 0 Å². The second-order valence-corrected chi connectivity index (χ2v) is 8.54. The lowest BCUT2D eigenvalue weighted by molar-refractivity contribution is 0.0758. The summed E-state index contributed by atoms with van der Waals surface area (Å²) < 4.78 is 7.05. The van der Waals surface area contributed by atoms with Gasteiger partial charge in [-0.15, -0.1) is 0 Å². The summed E-state index contributed by atoms with van der Waals surface area (Å²) in [5.74, 6) is 2.15. The molecule has 3 heterocycles. The van der Waals surface area contributed by atoms with Crippen LogP contribution in [0, 0.1) is 5.92 Å². The van der Waals surface area contributed by atoms with Gasteiger partial charge in [-0.1, -0.05) is 25.9 Å². The van der Waals surface area contributed by atoms with E-state index in [1.54, 1.807) is 10.7 Å². The van der Waals surface area contributed by atoms with Crippen molar-refractivity contribution in [3.8, 4) is 0 Å². The molecule has 2 aliphatic rings. The fourth-order valence-electron chi connectivity index (χ4n) is 3.46. The summed E-state index contributed by atoms with van der Waals surface area (Å²) in [7, 11) is 0. The first-order valence-corrected chi connectivity index (χ1v) is 9.14. The van der Waals surface area contributed by atoms with Crippen LogP contribution < -0.4 is 5.56 Å². The number of aromatic nitrogens is 3. The fourth-order valence-corrected chi connectivity index (χ4v) is 3.46. The second-order valence-electron chi connectivity index (χ2n) is 8.54. The number of likely N-dealkylation sites (tertiary alicyclic amines) is 1. The SMILES string of the molecule is CC(C)(C)c1ccc(=O)n(CC2CN(Cc3cnoc3C3CC3)C2)n1. The minimum atomic E-state index is -0.0470. The lowest BCUT2D eigenvalue weighted by Crippen LogP contribution is -2.49. The van der Waals surface area contributed by atoms with Crippen LogP contribution in [-0.2, 0) is 18.5 Å². The molecule has 0 N–H and O–H groups in total. The van der Waals surface area contributed by atoms with Crippen molar-refractivity contribution in [1.82, 2.24) is 19.8 Å². The monoisotopic (exact) mass is 342 g/mol. The van der Waals surface area contributed by atoms with Gasteiger partial charge >= 0.3 is 0 Å². The van der Waals surface area contributed by atoms with Crippen LogP contribution in [-0.4, -0.2) is 32.9 Å². The lowest BCUT2D eigenvalue weighted by Gasteiger charge is -2.39. The van der Waals surface area contributed by atoms with Crippen LogP contribution in [0.25, 0.3) is 0 Å². The third-order valence-electron chi connectivity index (χ3n) is 5.12. The molecule has 0 atom stereocenters. The zero-order valence-electron chi connectivity index (χ0n) is 15.2. The maximum atomic E-state index is 12.1. The van der Waals surface area contributed by atoms with Gasteiger partial charge in [0.15, 0.2) is 0 Å². The van der Waals surface area contributed by atoms with Gasteiger partial charge in [0.1, 0.15) is 5.76 Å². The number of hydrogen-bond acceptors (Lipinski definition) is 5. The molecule has 25 heavy (non-hydrogen) atoms. The summed E-state index contributed by atoms with van der Waals surface area (Å²) in [5, 5.41) is 8.54. The van der Waals surface area contributed by atoms with Crippen molar-refractivity contribution in [2.45, 2.75) is 58.0 Å². The normalized spacial score (nSPS) is 19.2. The maximum absolute atomic E-state index is 12.1. The Balaban J connectivity index is 1.35. The molecule has 1 saturated carbocycles. The van der Waals surface area contributed by atoms with Gasteiger partial charge in [0.05, 0.1) is 18.4 Å². The van der Waals surface area contributed by atoms with Crippen LogP contribution in [0.4, 0.5) is 0 Å². The molecule has 2 aromatic heterocycles. The Kier molecular flexibility index (Phi) is 4.02. The van der Waals surface area contributed by atoms with E-state index < -0.39 is 0 Å². The third-order valence-corrected chi connectivity index (χ3v) is 5.12. The molecule has 2 fully saturated rings. The van der Waals surface area contributed by atoms with Crippen LogP contribution in [0.15, 0.2) is 27.6 Å². The molecular formula is C19H26N4O2. The molecule has 0 amide bonds. The van der Waals surface area contributed by atoms with Crippen LogP contribution in [0.3, 0.4) is 0 Å². The third kappa shape index (κ3) is 3.54. The quantitative estimate of drug-likeness (QED) is 0.835. The molecule has 0 aromatic carbocycles. The van der Waals surface area contributed by atoms with Crippen molar-refractivity contribution >= 4 is 0 Å². The Hall–Kier alpha value is -1.95. The molecule has 1 saturated heterocycles. The summed E-state index contributed by atoms with van der Waals surface area (Å²) in [5.41, 5.74) is 2.13. The van der Waals surface area contributed by atoms with E-state index in [1.165, 1.54) is 18.4 Å². The standard InChI is InChI=1S/C19H26N4O2/c1-19(2,3)16-6-7-17(24)23(21-16)11-13-9-22(10-13)12-15-8-20-25-18(15)14-4-5-14/h6-8,13-14H,4-5,9-12H2,1-3H3. The number of rotatable bonds is 5. The van der Waals surface area contributed by atoms with E-state index in [9.17, 15) is 4.79 Å². The predicted octanol–water partition coefficient (Wildman–Crippen LogP) is 2.54. The van der Waals surface area contributed by atoms with Gasteiger partial charge in [-0.3, -0.25) is 9.69 Å². The highest BCUT2D eigenvalue weighted by molar-refractivity contribution is 5.21. The molecule has 2 aromatic rings. The molecule has 1 aliphatic carbocycles. The first-order valence-electron chi connectivity index (χ1n) is 9.14. The van der Waals surface area contributed by atoms with Gasteiger partial charge in [-0.25, -0.2) is 4.68 Å². The largest absolute Gasteiger partial charge is 0.361 e. The van der Waals surface area contributed by atoms with E-state index in [0.29, 0.717) is 18.4 Å². The van der Waals surface area contributed by atoms with Gasteiger partial charge in [-0.2, -0.15) is 5.10 Å². The Morgan fingerprint density at radius 2 is 2.00 bits per heavy atom. The predicted molar refractivity (Wildman–Crippen MR) is 94.4 cm³/mol. The molecule has 4 rings (SSSR count). The van der Waals surface area contributed by atoms with Gasteiger partial charge in [0, 0.05) is 48.5 Å². The van der Waals surface area contributed by atoms with E-state index in [2.05, 4.69) is 35.9 Å². The first-order chi connectivity index (χ1) is 11.9. The van der Waals surface area contributed by atoms with Crippen LogP contribution >= 0.6 is 0 Å². The highest BCUT2D eigenvalue weighted by Crippen LogP contribution is 2.42. The average molecular weight is 342 g/mol. The van der Waals surface area contributed by atoms with E-state index in [4.69, 9.17) is 4.52 Å². The molecule has 1 aliphatic heterocycles. The van der Waals surface area contributed by atoms with Crippen molar-refractivity contribution in [2.75, 3.05) is 13.1 Å². The van der Waals surface area contributed by atoms with Crippen LogP contribution in [0.1, 0.15) is 56.5 Å². The Morgan fingerprint density at radius 3 is 2.68 bits per heavy atom. The molecule has 134 valence electrons. The number of nitrogens with zero attached hydrogens (tertiary/aromatic N) is 4. The van der Waals surface area contributed by atoms with Crippen molar-refractivity contribution in [3.05, 3.63) is 45.7 Å². The molecular weight excluding hydrogens is 316 g/mol. The molecule has 0 spiro atoms. The lowest BCUT2D eigenvalue weighted by atomic mass is 9.92. The Morgan fingerprint density at radius 1 is 1.24 bits per heavy atom. The molecule has 0 bridgehead atoms. The van der Waals surface area contributed by atoms with Gasteiger partial charge < -0.3 is 4.52 Å². The summed E-state index contributed by atoms with van der Waals surface area (Å²) >= 11 is 0. The fraction of sp³-hybridized carbons (Fsp3) is 0.632. The van der Waals surface area contributed by atoms with Crippen LogP contribution in [0.2, 0.25) is 0 Å². The van der Waals surface area contributed by atoms with Crippen molar-refractivity contribution in [2.24, 2.45) is 5.92 Å². The zero-order valence-corrected chi connectivity index (χ0v) is 15.2. The summed E-state index contributed by atoms with van der Waals surface area (Å²) in [6.07, 6.45) is 4.31. The minimum Gasteiger partial charge on any atom is -0.361 e. The Labute approximate surface area is 147 Å². The smallest absolute Gasteiger partial charge is 0.266 e. The van der Waals surface area contributed by atoms with Gasteiger partial charge in [0.25, 0.3) is 5.56 Å². The average Bonchev–Trinajstić information content (AvgIpc) is 3.25. The number of hydrogen-bond donors (Lipinski definition) is 0. The highest BCUT2D eigenvalue weighted by Gasteiger charge is 2.33. The van der Waals surface area contributed by atoms with Crippen molar-refractivity contribution < 1.29 is 4.52 Å². The molecule has 0 radical (unpaired) electrons. The minimum absolute atomic E-state index is 0.0125. The molecule has 0 unspecified atom stereocenters. The second kappa shape index (κ2) is 6.09. The Bertz CT molecular complexity index is 807. The topological polar surface area (TPSA) is 64.2 Å². The summed E-state index contributed by atoms with van der Waals surface area (Å²) in [4.78, 5) is 14.5. The maximum Gasteiger partial charge on any atom is 0.266 e. The van der Waals surface area contributed by atoms with E-state index in [1.807, 2.05) is 12.3 Å². The van der Waals surface area contributed by atoms with Crippen LogP contribution in [0.5, 0.6) is 0 Å². The first kappa shape index (κ1) is 16.5.